The summed E-state index contributed by atoms with van der Waals surface area (Å²) in [7, 11) is 1.18. The minimum Gasteiger partial charge on any atom is -0.465 e. The number of nitrogens with zero attached hydrogens (tertiary/aromatic N) is 1. The average Bonchev–Trinajstić information content (AvgIpc) is 2.51. The number of nitro benzene ring substituents is 1. The second kappa shape index (κ2) is 8.26. The number of rotatable bonds is 7. The lowest BCUT2D eigenvalue weighted by Gasteiger charge is -2.15. The Labute approximate surface area is 135 Å². The van der Waals surface area contributed by atoms with Gasteiger partial charge >= 0.3 is 5.97 Å². The topological polar surface area (TPSA) is 98.5 Å². The molecular weight excluding hydrogens is 300 g/mol. The monoisotopic (exact) mass is 322 g/mol. The van der Waals surface area contributed by atoms with Crippen LogP contribution in [0.15, 0.2) is 18.2 Å². The van der Waals surface area contributed by atoms with Crippen LogP contribution in [0, 0.1) is 16.0 Å². The van der Waals surface area contributed by atoms with E-state index >= 15 is 0 Å². The molecule has 1 rings (SSSR count). The zero-order chi connectivity index (χ0) is 17.6. The average molecular weight is 322 g/mol. The van der Waals surface area contributed by atoms with Crippen molar-refractivity contribution in [3.8, 4) is 0 Å². The third-order valence-electron chi connectivity index (χ3n) is 3.37. The summed E-state index contributed by atoms with van der Waals surface area (Å²) in [5, 5.41) is 13.7. The summed E-state index contributed by atoms with van der Waals surface area (Å²) in [5.41, 5.74) is -0.287. The second-order valence-corrected chi connectivity index (χ2v) is 5.86. The molecule has 0 aliphatic rings. The molecule has 7 nitrogen and oxygen atoms in total. The molecule has 0 heterocycles. The SMILES string of the molecule is COC(=O)c1cc(C(=O)NC(C)CCC(C)C)cc([N+](=O)[O-])c1. The van der Waals surface area contributed by atoms with E-state index < -0.39 is 16.8 Å². The van der Waals surface area contributed by atoms with Gasteiger partial charge in [0.2, 0.25) is 0 Å². The molecule has 0 radical (unpaired) electrons. The summed E-state index contributed by atoms with van der Waals surface area (Å²) in [5.74, 6) is -0.649. The van der Waals surface area contributed by atoms with Gasteiger partial charge in [0.25, 0.3) is 11.6 Å². The second-order valence-electron chi connectivity index (χ2n) is 5.86. The van der Waals surface area contributed by atoms with E-state index in [0.29, 0.717) is 5.92 Å². The lowest BCUT2D eigenvalue weighted by molar-refractivity contribution is -0.384. The Kier molecular flexibility index (Phi) is 6.68. The lowest BCUT2D eigenvalue weighted by atomic mass is 10.0. The van der Waals surface area contributed by atoms with Gasteiger partial charge in [0.15, 0.2) is 0 Å². The quantitative estimate of drug-likeness (QED) is 0.473. The summed E-state index contributed by atoms with van der Waals surface area (Å²) >= 11 is 0. The van der Waals surface area contributed by atoms with Gasteiger partial charge in [-0.05, 0) is 31.7 Å². The van der Waals surface area contributed by atoms with Crippen LogP contribution in [0.5, 0.6) is 0 Å². The molecule has 0 aliphatic carbocycles. The molecule has 1 amide bonds. The normalized spacial score (nSPS) is 11.9. The Morgan fingerprint density at radius 3 is 2.30 bits per heavy atom. The number of carbonyl (C=O) groups excluding carboxylic acids is 2. The van der Waals surface area contributed by atoms with Gasteiger partial charge in [-0.15, -0.1) is 0 Å². The van der Waals surface area contributed by atoms with E-state index in [1.54, 1.807) is 0 Å². The Balaban J connectivity index is 2.96. The van der Waals surface area contributed by atoms with Crippen molar-refractivity contribution < 1.29 is 19.2 Å². The molecule has 7 heteroatoms. The number of hydrogen-bond donors (Lipinski definition) is 1. The van der Waals surface area contributed by atoms with Crippen LogP contribution in [0.2, 0.25) is 0 Å². The van der Waals surface area contributed by atoms with Crippen molar-refractivity contribution in [1.29, 1.82) is 0 Å². The molecule has 1 aromatic rings. The van der Waals surface area contributed by atoms with Crippen molar-refractivity contribution in [2.45, 2.75) is 39.7 Å². The van der Waals surface area contributed by atoms with E-state index in [-0.39, 0.29) is 22.9 Å². The molecule has 0 spiro atoms. The van der Waals surface area contributed by atoms with E-state index in [1.165, 1.54) is 13.2 Å². The van der Waals surface area contributed by atoms with Crippen molar-refractivity contribution in [3.63, 3.8) is 0 Å². The lowest BCUT2D eigenvalue weighted by Crippen LogP contribution is -2.32. The largest absolute Gasteiger partial charge is 0.465 e. The van der Waals surface area contributed by atoms with Gasteiger partial charge in [0, 0.05) is 23.7 Å². The van der Waals surface area contributed by atoms with Gasteiger partial charge in [-0.3, -0.25) is 14.9 Å². The van der Waals surface area contributed by atoms with Crippen LogP contribution in [0.4, 0.5) is 5.69 Å². The number of methoxy groups -OCH3 is 1. The molecule has 1 unspecified atom stereocenters. The predicted molar refractivity (Wildman–Crippen MR) is 85.4 cm³/mol. The molecule has 126 valence electrons. The van der Waals surface area contributed by atoms with E-state index in [9.17, 15) is 19.7 Å². The van der Waals surface area contributed by atoms with E-state index in [1.807, 2.05) is 6.92 Å². The maximum atomic E-state index is 12.3. The third kappa shape index (κ3) is 5.69. The zero-order valence-electron chi connectivity index (χ0n) is 13.8. The van der Waals surface area contributed by atoms with E-state index in [4.69, 9.17) is 0 Å². The van der Waals surface area contributed by atoms with Crippen LogP contribution in [-0.2, 0) is 4.74 Å². The fourth-order valence-corrected chi connectivity index (χ4v) is 2.05. The summed E-state index contributed by atoms with van der Waals surface area (Å²) < 4.78 is 4.56. The van der Waals surface area contributed by atoms with Crippen LogP contribution >= 0.6 is 0 Å². The van der Waals surface area contributed by atoms with Gasteiger partial charge < -0.3 is 10.1 Å². The van der Waals surface area contributed by atoms with Crippen molar-refractivity contribution >= 4 is 17.6 Å². The highest BCUT2D eigenvalue weighted by atomic mass is 16.6. The third-order valence-corrected chi connectivity index (χ3v) is 3.37. The first-order valence-corrected chi connectivity index (χ1v) is 7.43. The first-order valence-electron chi connectivity index (χ1n) is 7.43. The van der Waals surface area contributed by atoms with Crippen LogP contribution in [0.1, 0.15) is 54.3 Å². The minimum absolute atomic E-state index is 0.0262. The highest BCUT2D eigenvalue weighted by molar-refractivity contribution is 5.99. The zero-order valence-corrected chi connectivity index (χ0v) is 13.8. The number of hydrogen-bond acceptors (Lipinski definition) is 5. The van der Waals surface area contributed by atoms with Gasteiger partial charge in [-0.2, -0.15) is 0 Å². The Morgan fingerprint density at radius 1 is 1.17 bits per heavy atom. The van der Waals surface area contributed by atoms with Gasteiger partial charge in [0.05, 0.1) is 17.6 Å². The molecule has 1 aromatic carbocycles. The molecule has 23 heavy (non-hydrogen) atoms. The molecule has 0 saturated heterocycles. The number of carbonyl (C=O) groups is 2. The summed E-state index contributed by atoms with van der Waals surface area (Å²) in [6, 6.07) is 3.47. The van der Waals surface area contributed by atoms with Crippen LogP contribution in [-0.4, -0.2) is 30.0 Å². The number of non-ortho nitro benzene ring substituents is 1. The summed E-state index contributed by atoms with van der Waals surface area (Å²) in [6.07, 6.45) is 1.77. The van der Waals surface area contributed by atoms with Crippen molar-refractivity contribution in [2.75, 3.05) is 7.11 Å². The number of benzene rings is 1. The molecule has 0 aromatic heterocycles. The highest BCUT2D eigenvalue weighted by Gasteiger charge is 2.19. The first-order chi connectivity index (χ1) is 10.7. The minimum atomic E-state index is -0.726. The van der Waals surface area contributed by atoms with Crippen molar-refractivity contribution in [1.82, 2.24) is 5.32 Å². The number of amides is 1. The summed E-state index contributed by atoms with van der Waals surface area (Å²) in [6.45, 7) is 6.06. The molecule has 1 atom stereocenters. The predicted octanol–water partition coefficient (Wildman–Crippen LogP) is 2.94. The van der Waals surface area contributed by atoms with E-state index in [0.717, 1.165) is 25.0 Å². The Hall–Kier alpha value is -2.44. The standard InChI is InChI=1S/C16H22N2O5/c1-10(2)5-6-11(3)17-15(19)12-7-13(16(20)23-4)9-14(8-12)18(21)22/h7-11H,5-6H2,1-4H3,(H,17,19). The Morgan fingerprint density at radius 2 is 1.78 bits per heavy atom. The summed E-state index contributed by atoms with van der Waals surface area (Å²) in [4.78, 5) is 34.2. The molecule has 0 aliphatic heterocycles. The van der Waals surface area contributed by atoms with Crippen LogP contribution in [0.3, 0.4) is 0 Å². The molecule has 0 fully saturated rings. The molecule has 0 bridgehead atoms. The van der Waals surface area contributed by atoms with Crippen LogP contribution in [0.25, 0.3) is 0 Å². The number of nitrogens with one attached hydrogen (secondary N) is 1. The maximum Gasteiger partial charge on any atom is 0.338 e. The van der Waals surface area contributed by atoms with Gasteiger partial charge in [-0.25, -0.2) is 4.79 Å². The fourth-order valence-electron chi connectivity index (χ4n) is 2.05. The van der Waals surface area contributed by atoms with Crippen molar-refractivity contribution in [2.24, 2.45) is 5.92 Å². The fraction of sp³-hybridized carbons (Fsp3) is 0.500. The highest BCUT2D eigenvalue weighted by Crippen LogP contribution is 2.18. The number of esters is 1. The molecule has 0 saturated carbocycles. The van der Waals surface area contributed by atoms with Gasteiger partial charge in [-0.1, -0.05) is 13.8 Å². The van der Waals surface area contributed by atoms with Gasteiger partial charge in [0.1, 0.15) is 0 Å². The molecular formula is C16H22N2O5. The molecule has 1 N–H and O–H groups in total. The van der Waals surface area contributed by atoms with E-state index in [2.05, 4.69) is 23.9 Å². The number of nitro groups is 1. The van der Waals surface area contributed by atoms with Crippen molar-refractivity contribution in [3.05, 3.63) is 39.4 Å². The maximum absolute atomic E-state index is 12.3. The number of ether oxygens (including phenoxy) is 1. The van der Waals surface area contributed by atoms with Crippen LogP contribution < -0.4 is 5.32 Å². The smallest absolute Gasteiger partial charge is 0.338 e. The Bertz CT molecular complexity index is 598. The first kappa shape index (κ1) is 18.6.